The van der Waals surface area contributed by atoms with Crippen molar-refractivity contribution in [3.63, 3.8) is 0 Å². The molecule has 5 rings (SSSR count). The molecule has 2 heteroatoms. The van der Waals surface area contributed by atoms with Gasteiger partial charge in [0, 0.05) is 22.6 Å². The minimum Gasteiger partial charge on any atom is -0.507 e. The molecule has 0 amide bonds. The average molecular weight is 459 g/mol. The van der Waals surface area contributed by atoms with E-state index in [4.69, 9.17) is 0 Å². The Morgan fingerprint density at radius 1 is 1.00 bits per heavy atom. The number of phenols is 2. The quantitative estimate of drug-likeness (QED) is 0.459. The largest absolute Gasteiger partial charge is 0.507 e. The molecule has 2 aromatic carbocycles. The van der Waals surface area contributed by atoms with Gasteiger partial charge in [-0.1, -0.05) is 66.3 Å². The molecule has 182 valence electrons. The second kappa shape index (κ2) is 7.39. The van der Waals surface area contributed by atoms with Crippen LogP contribution in [0.3, 0.4) is 0 Å². The number of hydrogen-bond donors (Lipinski definition) is 2. The third-order valence-electron chi connectivity index (χ3n) is 10.1. The number of rotatable bonds is 6. The lowest BCUT2D eigenvalue weighted by molar-refractivity contribution is 0.0623. The van der Waals surface area contributed by atoms with Gasteiger partial charge in [-0.3, -0.25) is 0 Å². The van der Waals surface area contributed by atoms with Gasteiger partial charge in [0.25, 0.3) is 0 Å². The van der Waals surface area contributed by atoms with Crippen LogP contribution in [0.2, 0.25) is 0 Å². The standard InChI is InChI=1S/C32H42O2/c1-9-19-13-22(18(3)4)28(33)23(14-19)27(32-17-21-11-12-26(32)31(21,32)8)24-15-20(10-2)16-25(29(24)34)30(5,6)7/h13-16,21,26-27,33-34H,3,9-12,17H2,1-2,4-8H3. The third kappa shape index (κ3) is 2.87. The molecule has 0 spiro atoms. The van der Waals surface area contributed by atoms with Gasteiger partial charge in [0.05, 0.1) is 0 Å². The molecule has 0 aromatic heterocycles. The molecule has 5 unspecified atom stereocenters. The Balaban J connectivity index is 1.81. The van der Waals surface area contributed by atoms with E-state index in [9.17, 15) is 10.2 Å². The molecule has 0 bridgehead atoms. The fraction of sp³-hybridized carbons (Fsp3) is 0.562. The monoisotopic (exact) mass is 458 g/mol. The summed E-state index contributed by atoms with van der Waals surface area (Å²) in [6.07, 6.45) is 5.65. The van der Waals surface area contributed by atoms with Gasteiger partial charge in [-0.15, -0.1) is 0 Å². The zero-order chi connectivity index (χ0) is 24.8. The van der Waals surface area contributed by atoms with Crippen molar-refractivity contribution < 1.29 is 10.2 Å². The molecule has 2 N–H and O–H groups in total. The molecule has 0 radical (unpaired) electrons. The summed E-state index contributed by atoms with van der Waals surface area (Å²) in [5.74, 6) is 2.25. The molecular weight excluding hydrogens is 416 g/mol. The summed E-state index contributed by atoms with van der Waals surface area (Å²) >= 11 is 0. The van der Waals surface area contributed by atoms with Crippen LogP contribution in [0.4, 0.5) is 0 Å². The predicted molar refractivity (Wildman–Crippen MR) is 142 cm³/mol. The van der Waals surface area contributed by atoms with Gasteiger partial charge >= 0.3 is 0 Å². The molecule has 34 heavy (non-hydrogen) atoms. The van der Waals surface area contributed by atoms with Crippen LogP contribution in [0.1, 0.15) is 107 Å². The smallest absolute Gasteiger partial charge is 0.126 e. The van der Waals surface area contributed by atoms with Gasteiger partial charge < -0.3 is 10.2 Å². The van der Waals surface area contributed by atoms with Crippen LogP contribution in [-0.4, -0.2) is 10.2 Å². The van der Waals surface area contributed by atoms with E-state index in [-0.39, 0.29) is 16.7 Å². The van der Waals surface area contributed by atoms with E-state index in [0.29, 0.717) is 22.8 Å². The second-order valence-electron chi connectivity index (χ2n) is 12.7. The molecule has 5 atom stereocenters. The van der Waals surface area contributed by atoms with Crippen LogP contribution in [0.15, 0.2) is 30.8 Å². The molecule has 3 saturated carbocycles. The van der Waals surface area contributed by atoms with Crippen molar-refractivity contribution in [2.75, 3.05) is 0 Å². The van der Waals surface area contributed by atoms with Gasteiger partial charge in [-0.05, 0) is 95.4 Å². The maximum absolute atomic E-state index is 11.8. The van der Waals surface area contributed by atoms with Crippen LogP contribution >= 0.6 is 0 Å². The van der Waals surface area contributed by atoms with Crippen molar-refractivity contribution in [2.45, 2.75) is 91.9 Å². The first-order valence-corrected chi connectivity index (χ1v) is 13.3. The molecule has 3 fully saturated rings. The second-order valence-corrected chi connectivity index (χ2v) is 12.7. The number of benzene rings is 2. The fourth-order valence-corrected chi connectivity index (χ4v) is 8.23. The summed E-state index contributed by atoms with van der Waals surface area (Å²) in [6, 6.07) is 8.75. The highest BCUT2D eigenvalue weighted by atomic mass is 16.3. The molecule has 0 saturated heterocycles. The van der Waals surface area contributed by atoms with Crippen LogP contribution in [0.25, 0.3) is 5.57 Å². The SMILES string of the molecule is C=C(C)c1cc(CC)cc(C(c2cc(CC)cc(C(C)(C)C)c2O)C23CC4CCC2C43C)c1O. The summed E-state index contributed by atoms with van der Waals surface area (Å²) in [6.45, 7) is 19.5. The Hall–Kier alpha value is -2.22. The van der Waals surface area contributed by atoms with Crippen molar-refractivity contribution in [1.29, 1.82) is 0 Å². The highest BCUT2D eigenvalue weighted by Crippen LogP contribution is 2.94. The number of allylic oxidation sites excluding steroid dienone is 1. The molecule has 2 aromatic rings. The van der Waals surface area contributed by atoms with Gasteiger partial charge in [-0.25, -0.2) is 0 Å². The van der Waals surface area contributed by atoms with E-state index in [1.54, 1.807) is 0 Å². The lowest BCUT2D eigenvalue weighted by Crippen LogP contribution is -2.39. The van der Waals surface area contributed by atoms with Crippen molar-refractivity contribution in [2.24, 2.45) is 22.7 Å². The van der Waals surface area contributed by atoms with Crippen molar-refractivity contribution in [1.82, 2.24) is 0 Å². The highest BCUT2D eigenvalue weighted by molar-refractivity contribution is 5.71. The zero-order valence-corrected chi connectivity index (χ0v) is 22.2. The fourth-order valence-electron chi connectivity index (χ4n) is 8.23. The van der Waals surface area contributed by atoms with E-state index >= 15 is 0 Å². The number of fused-ring (bicyclic) bond motifs is 1. The summed E-state index contributed by atoms with van der Waals surface area (Å²) in [7, 11) is 0. The van der Waals surface area contributed by atoms with E-state index in [1.807, 2.05) is 6.92 Å². The number of hydrogen-bond acceptors (Lipinski definition) is 2. The zero-order valence-electron chi connectivity index (χ0n) is 22.2. The van der Waals surface area contributed by atoms with Crippen molar-refractivity contribution in [3.8, 4) is 11.5 Å². The van der Waals surface area contributed by atoms with Gasteiger partial charge in [0.2, 0.25) is 0 Å². The summed E-state index contributed by atoms with van der Waals surface area (Å²) in [5, 5.41) is 23.5. The van der Waals surface area contributed by atoms with Gasteiger partial charge in [-0.2, -0.15) is 0 Å². The molecule has 3 aliphatic carbocycles. The van der Waals surface area contributed by atoms with Gasteiger partial charge in [0.1, 0.15) is 11.5 Å². The minimum atomic E-state index is -0.159. The minimum absolute atomic E-state index is 0.00347. The Labute approximate surface area is 206 Å². The highest BCUT2D eigenvalue weighted by Gasteiger charge is 2.87. The maximum atomic E-state index is 11.8. The van der Waals surface area contributed by atoms with Gasteiger partial charge in [0.15, 0.2) is 0 Å². The molecule has 3 aliphatic rings. The first kappa shape index (κ1) is 23.5. The summed E-state index contributed by atoms with van der Waals surface area (Å²) in [4.78, 5) is 0. The summed E-state index contributed by atoms with van der Waals surface area (Å²) < 4.78 is 0. The van der Waals surface area contributed by atoms with E-state index in [2.05, 4.69) is 72.4 Å². The van der Waals surface area contributed by atoms with Crippen molar-refractivity contribution in [3.05, 3.63) is 64.2 Å². The first-order chi connectivity index (χ1) is 15.9. The normalized spacial score (nSPS) is 30.0. The Morgan fingerprint density at radius 2 is 1.59 bits per heavy atom. The van der Waals surface area contributed by atoms with Crippen molar-refractivity contribution >= 4 is 5.57 Å². The number of aromatic hydroxyl groups is 2. The number of aryl methyl sites for hydroxylation is 2. The Morgan fingerprint density at radius 3 is 2.06 bits per heavy atom. The van der Waals surface area contributed by atoms with Crippen LogP contribution in [0, 0.1) is 22.7 Å². The molecule has 2 nitrogen and oxygen atoms in total. The Kier molecular flexibility index (Phi) is 5.11. The maximum Gasteiger partial charge on any atom is 0.126 e. The van der Waals surface area contributed by atoms with E-state index < -0.39 is 0 Å². The average Bonchev–Trinajstić information content (AvgIpc) is 3.02. The van der Waals surface area contributed by atoms with Crippen LogP contribution < -0.4 is 0 Å². The Bertz CT molecular complexity index is 1180. The molecule has 0 aliphatic heterocycles. The number of phenolic OH excluding ortho intramolecular Hbond substituents is 2. The van der Waals surface area contributed by atoms with E-state index in [0.717, 1.165) is 46.6 Å². The lowest BCUT2D eigenvalue weighted by Gasteiger charge is -2.48. The van der Waals surface area contributed by atoms with Crippen LogP contribution in [0.5, 0.6) is 11.5 Å². The summed E-state index contributed by atoms with van der Waals surface area (Å²) in [5.41, 5.74) is 7.56. The van der Waals surface area contributed by atoms with Crippen LogP contribution in [-0.2, 0) is 18.3 Å². The third-order valence-corrected chi connectivity index (χ3v) is 10.1. The molecule has 0 heterocycles. The first-order valence-electron chi connectivity index (χ1n) is 13.3. The topological polar surface area (TPSA) is 40.5 Å². The van der Waals surface area contributed by atoms with E-state index in [1.165, 1.54) is 30.4 Å². The lowest BCUT2D eigenvalue weighted by atomic mass is 9.56. The molecular formula is C32H42O2. The predicted octanol–water partition coefficient (Wildman–Crippen LogP) is 8.12.